The van der Waals surface area contributed by atoms with Crippen LogP contribution in [0.15, 0.2) is 57.9 Å². The summed E-state index contributed by atoms with van der Waals surface area (Å²) in [5.41, 5.74) is 2.74. The minimum atomic E-state index is 0.771. The second kappa shape index (κ2) is 6.79. The Hall–Kier alpha value is -0.770. The molecule has 1 aliphatic carbocycles. The number of hydrogen-bond donors (Lipinski definition) is 1. The van der Waals surface area contributed by atoms with E-state index in [1.54, 1.807) is 0 Å². The molecule has 1 N–H and O–H groups in total. The first-order valence-corrected chi connectivity index (χ1v) is 8.77. The molecule has 0 bridgehead atoms. The molecule has 3 heteroatoms. The Labute approximate surface area is 133 Å². The number of halogens is 1. The first kappa shape index (κ1) is 14.2. The van der Waals surface area contributed by atoms with Gasteiger partial charge in [0.25, 0.3) is 0 Å². The molecule has 0 heterocycles. The summed E-state index contributed by atoms with van der Waals surface area (Å²) < 4.78 is 1.15. The molecule has 1 saturated carbocycles. The van der Waals surface area contributed by atoms with E-state index in [-0.39, 0.29) is 0 Å². The van der Waals surface area contributed by atoms with Crippen molar-refractivity contribution in [3.63, 3.8) is 0 Å². The molecular formula is C17H18BrNS. The van der Waals surface area contributed by atoms with Crippen LogP contribution in [0.5, 0.6) is 0 Å². The number of benzene rings is 2. The zero-order valence-corrected chi connectivity index (χ0v) is 13.7. The van der Waals surface area contributed by atoms with Crippen molar-refractivity contribution in [1.29, 1.82) is 0 Å². The molecule has 104 valence electrons. The fraction of sp³-hybridized carbons (Fsp3) is 0.294. The van der Waals surface area contributed by atoms with E-state index >= 15 is 0 Å². The van der Waals surface area contributed by atoms with Gasteiger partial charge in [-0.1, -0.05) is 40.2 Å². The maximum absolute atomic E-state index is 3.57. The normalized spacial score (nSPS) is 14.4. The van der Waals surface area contributed by atoms with Gasteiger partial charge >= 0.3 is 0 Å². The number of rotatable bonds is 6. The molecule has 0 amide bonds. The zero-order chi connectivity index (χ0) is 13.8. The molecule has 1 fully saturated rings. The van der Waals surface area contributed by atoms with Crippen LogP contribution in [0, 0.1) is 0 Å². The molecular weight excluding hydrogens is 330 g/mol. The molecule has 0 saturated heterocycles. The molecule has 0 aromatic heterocycles. The van der Waals surface area contributed by atoms with Gasteiger partial charge in [-0.05, 0) is 48.2 Å². The van der Waals surface area contributed by atoms with Crippen LogP contribution in [0.4, 0.5) is 0 Å². The molecule has 0 aliphatic heterocycles. The van der Waals surface area contributed by atoms with Crippen LogP contribution in [0.3, 0.4) is 0 Å². The summed E-state index contributed by atoms with van der Waals surface area (Å²) in [5.74, 6) is 1.01. The van der Waals surface area contributed by atoms with Crippen molar-refractivity contribution in [3.05, 3.63) is 64.1 Å². The SMILES string of the molecule is Brc1cccc(CSc2cccc(CNC3CC3)c2)c1. The molecule has 1 nitrogen and oxygen atoms in total. The third-order valence-corrected chi connectivity index (χ3v) is 4.92. The Morgan fingerprint density at radius 1 is 1.05 bits per heavy atom. The second-order valence-corrected chi connectivity index (χ2v) is 7.19. The van der Waals surface area contributed by atoms with E-state index in [9.17, 15) is 0 Å². The lowest BCUT2D eigenvalue weighted by molar-refractivity contribution is 0.687. The monoisotopic (exact) mass is 347 g/mol. The third kappa shape index (κ3) is 4.37. The van der Waals surface area contributed by atoms with Crippen LogP contribution >= 0.6 is 27.7 Å². The first-order valence-electron chi connectivity index (χ1n) is 6.99. The smallest absolute Gasteiger partial charge is 0.0232 e. The molecule has 20 heavy (non-hydrogen) atoms. The number of thioether (sulfide) groups is 1. The predicted octanol–water partition coefficient (Wildman–Crippen LogP) is 4.99. The molecule has 1 aliphatic rings. The van der Waals surface area contributed by atoms with Crippen molar-refractivity contribution in [2.75, 3.05) is 0 Å². The van der Waals surface area contributed by atoms with Gasteiger partial charge in [0.1, 0.15) is 0 Å². The van der Waals surface area contributed by atoms with Gasteiger partial charge in [-0.2, -0.15) is 0 Å². The molecule has 0 atom stereocenters. The summed E-state index contributed by atoms with van der Waals surface area (Å²) in [6.45, 7) is 0.996. The van der Waals surface area contributed by atoms with Crippen molar-refractivity contribution in [1.82, 2.24) is 5.32 Å². The van der Waals surface area contributed by atoms with Crippen LogP contribution in [-0.2, 0) is 12.3 Å². The van der Waals surface area contributed by atoms with Crippen molar-refractivity contribution >= 4 is 27.7 Å². The van der Waals surface area contributed by atoms with Crippen molar-refractivity contribution in [3.8, 4) is 0 Å². The molecule has 2 aromatic rings. The van der Waals surface area contributed by atoms with Gasteiger partial charge in [0.05, 0.1) is 0 Å². The van der Waals surface area contributed by atoms with Gasteiger partial charge in [-0.25, -0.2) is 0 Å². The summed E-state index contributed by atoms with van der Waals surface area (Å²) in [7, 11) is 0. The van der Waals surface area contributed by atoms with Crippen LogP contribution in [0.25, 0.3) is 0 Å². The molecule has 3 rings (SSSR count). The predicted molar refractivity (Wildman–Crippen MR) is 90.0 cm³/mol. The van der Waals surface area contributed by atoms with E-state index < -0.39 is 0 Å². The summed E-state index contributed by atoms with van der Waals surface area (Å²) in [6.07, 6.45) is 2.69. The van der Waals surface area contributed by atoms with Crippen LogP contribution < -0.4 is 5.32 Å². The minimum absolute atomic E-state index is 0.771. The third-order valence-electron chi connectivity index (χ3n) is 3.37. The Balaban J connectivity index is 1.57. The number of nitrogens with one attached hydrogen (secondary N) is 1. The average molecular weight is 348 g/mol. The Bertz CT molecular complexity index is 581. The lowest BCUT2D eigenvalue weighted by Crippen LogP contribution is -2.15. The van der Waals surface area contributed by atoms with Gasteiger partial charge in [-0.3, -0.25) is 0 Å². The van der Waals surface area contributed by atoms with Crippen molar-refractivity contribution < 1.29 is 0 Å². The van der Waals surface area contributed by atoms with Gasteiger partial charge in [0, 0.05) is 27.7 Å². The maximum Gasteiger partial charge on any atom is 0.0232 e. The highest BCUT2D eigenvalue weighted by Gasteiger charge is 2.19. The topological polar surface area (TPSA) is 12.0 Å². The summed E-state index contributed by atoms with van der Waals surface area (Å²) in [4.78, 5) is 1.35. The van der Waals surface area contributed by atoms with E-state index in [0.717, 1.165) is 22.8 Å². The average Bonchev–Trinajstić information content (AvgIpc) is 3.28. The van der Waals surface area contributed by atoms with Gasteiger partial charge < -0.3 is 5.32 Å². The van der Waals surface area contributed by atoms with E-state index in [2.05, 4.69) is 69.8 Å². The summed E-state index contributed by atoms with van der Waals surface area (Å²) >= 11 is 5.42. The Morgan fingerprint density at radius 3 is 2.65 bits per heavy atom. The fourth-order valence-electron chi connectivity index (χ4n) is 2.09. The van der Waals surface area contributed by atoms with E-state index in [1.807, 2.05) is 11.8 Å². The van der Waals surface area contributed by atoms with Gasteiger partial charge in [-0.15, -0.1) is 11.8 Å². The largest absolute Gasteiger partial charge is 0.310 e. The highest BCUT2D eigenvalue weighted by atomic mass is 79.9. The van der Waals surface area contributed by atoms with Crippen LogP contribution in [0.2, 0.25) is 0 Å². The van der Waals surface area contributed by atoms with E-state index in [1.165, 1.54) is 28.9 Å². The zero-order valence-electron chi connectivity index (χ0n) is 11.3. The highest BCUT2D eigenvalue weighted by molar-refractivity contribution is 9.10. The lowest BCUT2D eigenvalue weighted by Gasteiger charge is -2.07. The van der Waals surface area contributed by atoms with Crippen LogP contribution in [0.1, 0.15) is 24.0 Å². The highest BCUT2D eigenvalue weighted by Crippen LogP contribution is 2.25. The van der Waals surface area contributed by atoms with E-state index in [4.69, 9.17) is 0 Å². The summed E-state index contributed by atoms with van der Waals surface area (Å²) in [6, 6.07) is 18.2. The van der Waals surface area contributed by atoms with E-state index in [0.29, 0.717) is 0 Å². The standard InChI is InChI=1S/C17H18BrNS/c18-15-5-1-4-14(9-15)12-20-17-6-2-3-13(10-17)11-19-16-7-8-16/h1-6,9-10,16,19H,7-8,11-12H2. The molecule has 2 aromatic carbocycles. The summed E-state index contributed by atoms with van der Waals surface area (Å²) in [5, 5.41) is 3.57. The Morgan fingerprint density at radius 2 is 1.85 bits per heavy atom. The lowest BCUT2D eigenvalue weighted by atomic mass is 10.2. The quantitative estimate of drug-likeness (QED) is 0.738. The Kier molecular flexibility index (Phi) is 4.81. The maximum atomic E-state index is 3.57. The first-order chi connectivity index (χ1) is 9.79. The van der Waals surface area contributed by atoms with Crippen LogP contribution in [-0.4, -0.2) is 6.04 Å². The molecule has 0 unspecified atom stereocenters. The second-order valence-electron chi connectivity index (χ2n) is 5.22. The van der Waals surface area contributed by atoms with Crippen molar-refractivity contribution in [2.45, 2.75) is 36.1 Å². The number of hydrogen-bond acceptors (Lipinski definition) is 2. The van der Waals surface area contributed by atoms with Gasteiger partial charge in [0.2, 0.25) is 0 Å². The van der Waals surface area contributed by atoms with Crippen molar-refractivity contribution in [2.24, 2.45) is 0 Å². The minimum Gasteiger partial charge on any atom is -0.310 e. The van der Waals surface area contributed by atoms with Gasteiger partial charge in [0.15, 0.2) is 0 Å². The fourth-order valence-corrected chi connectivity index (χ4v) is 3.46. The molecule has 0 spiro atoms. The molecule has 0 radical (unpaired) electrons.